The molecule has 2 fully saturated rings. The molecule has 0 atom stereocenters. The second kappa shape index (κ2) is 3.60. The maximum absolute atomic E-state index is 4.25. The SMILES string of the molecule is c1cncc(C2(CNC3CC3)CCC2)c1. The Kier molecular flexibility index (Phi) is 2.24. The Hall–Kier alpha value is -0.890. The topological polar surface area (TPSA) is 24.9 Å². The molecule has 0 spiro atoms. The maximum atomic E-state index is 4.25. The number of aromatic nitrogens is 1. The Morgan fingerprint density at radius 3 is 2.80 bits per heavy atom. The zero-order valence-corrected chi connectivity index (χ0v) is 9.08. The molecule has 0 bridgehead atoms. The molecule has 0 unspecified atom stereocenters. The zero-order chi connectivity index (χ0) is 10.1. The first-order valence-corrected chi connectivity index (χ1v) is 6.03. The van der Waals surface area contributed by atoms with Crippen LogP contribution in [0.25, 0.3) is 0 Å². The van der Waals surface area contributed by atoms with Crippen molar-refractivity contribution in [1.29, 1.82) is 0 Å². The predicted octanol–water partition coefficient (Wildman–Crippen LogP) is 2.26. The molecule has 3 rings (SSSR count). The van der Waals surface area contributed by atoms with Crippen molar-refractivity contribution in [1.82, 2.24) is 10.3 Å². The highest BCUT2D eigenvalue weighted by molar-refractivity contribution is 5.25. The molecule has 1 aromatic heterocycles. The molecule has 0 amide bonds. The maximum Gasteiger partial charge on any atom is 0.0306 e. The molecule has 15 heavy (non-hydrogen) atoms. The third-order valence-corrected chi connectivity index (χ3v) is 3.89. The van der Waals surface area contributed by atoms with E-state index in [2.05, 4.69) is 22.4 Å². The summed E-state index contributed by atoms with van der Waals surface area (Å²) in [5.74, 6) is 0. The Balaban J connectivity index is 1.73. The van der Waals surface area contributed by atoms with Crippen molar-refractivity contribution in [3.63, 3.8) is 0 Å². The Morgan fingerprint density at radius 1 is 1.40 bits per heavy atom. The van der Waals surface area contributed by atoms with Crippen LogP contribution in [0.2, 0.25) is 0 Å². The first-order valence-electron chi connectivity index (χ1n) is 6.03. The second-order valence-electron chi connectivity index (χ2n) is 5.03. The minimum atomic E-state index is 0.414. The van der Waals surface area contributed by atoms with Gasteiger partial charge >= 0.3 is 0 Å². The second-order valence-corrected chi connectivity index (χ2v) is 5.03. The lowest BCUT2D eigenvalue weighted by molar-refractivity contribution is 0.232. The van der Waals surface area contributed by atoms with E-state index in [1.165, 1.54) is 37.7 Å². The van der Waals surface area contributed by atoms with Crippen molar-refractivity contribution < 1.29 is 0 Å². The van der Waals surface area contributed by atoms with Gasteiger partial charge in [-0.05, 0) is 37.3 Å². The fourth-order valence-corrected chi connectivity index (χ4v) is 2.47. The van der Waals surface area contributed by atoms with Crippen LogP contribution in [-0.4, -0.2) is 17.6 Å². The highest BCUT2D eigenvalue weighted by Crippen LogP contribution is 2.43. The predicted molar refractivity (Wildman–Crippen MR) is 60.8 cm³/mol. The lowest BCUT2D eigenvalue weighted by Gasteiger charge is -2.42. The molecule has 80 valence electrons. The van der Waals surface area contributed by atoms with E-state index in [0.29, 0.717) is 5.41 Å². The van der Waals surface area contributed by atoms with Crippen LogP contribution >= 0.6 is 0 Å². The fourth-order valence-electron chi connectivity index (χ4n) is 2.47. The number of pyridine rings is 1. The van der Waals surface area contributed by atoms with Gasteiger partial charge in [-0.25, -0.2) is 0 Å². The third kappa shape index (κ3) is 1.78. The third-order valence-electron chi connectivity index (χ3n) is 3.89. The molecular weight excluding hydrogens is 184 g/mol. The molecule has 2 heteroatoms. The van der Waals surface area contributed by atoms with Gasteiger partial charge in [-0.3, -0.25) is 4.98 Å². The van der Waals surface area contributed by atoms with E-state index < -0.39 is 0 Å². The molecule has 0 aromatic carbocycles. The van der Waals surface area contributed by atoms with Gasteiger partial charge in [0.15, 0.2) is 0 Å². The lowest BCUT2D eigenvalue weighted by atomic mass is 9.65. The van der Waals surface area contributed by atoms with Crippen molar-refractivity contribution in [2.75, 3.05) is 6.54 Å². The summed E-state index contributed by atoms with van der Waals surface area (Å²) in [5, 5.41) is 3.67. The molecule has 0 saturated heterocycles. The van der Waals surface area contributed by atoms with Crippen LogP contribution in [-0.2, 0) is 5.41 Å². The van der Waals surface area contributed by atoms with E-state index in [1.54, 1.807) is 0 Å². The molecule has 0 radical (unpaired) electrons. The van der Waals surface area contributed by atoms with Gasteiger partial charge < -0.3 is 5.32 Å². The quantitative estimate of drug-likeness (QED) is 0.810. The first-order chi connectivity index (χ1) is 7.39. The molecule has 1 aromatic rings. The summed E-state index contributed by atoms with van der Waals surface area (Å²) in [4.78, 5) is 4.25. The number of hydrogen-bond acceptors (Lipinski definition) is 2. The number of rotatable bonds is 4. The van der Waals surface area contributed by atoms with E-state index in [9.17, 15) is 0 Å². The van der Waals surface area contributed by atoms with Crippen molar-refractivity contribution in [3.8, 4) is 0 Å². The summed E-state index contributed by atoms with van der Waals surface area (Å²) in [5.41, 5.74) is 1.85. The van der Waals surface area contributed by atoms with Crippen LogP contribution in [0, 0.1) is 0 Å². The smallest absolute Gasteiger partial charge is 0.0306 e. The van der Waals surface area contributed by atoms with Crippen LogP contribution < -0.4 is 5.32 Å². The number of hydrogen-bond donors (Lipinski definition) is 1. The molecule has 2 saturated carbocycles. The summed E-state index contributed by atoms with van der Waals surface area (Å²) < 4.78 is 0. The normalized spacial score (nSPS) is 23.5. The van der Waals surface area contributed by atoms with Gasteiger partial charge in [-0.2, -0.15) is 0 Å². The van der Waals surface area contributed by atoms with Gasteiger partial charge in [0, 0.05) is 30.4 Å². The Labute approximate surface area is 91.1 Å². The number of nitrogens with one attached hydrogen (secondary N) is 1. The molecule has 2 nitrogen and oxygen atoms in total. The summed E-state index contributed by atoms with van der Waals surface area (Å²) in [6, 6.07) is 5.12. The molecule has 0 aliphatic heterocycles. The van der Waals surface area contributed by atoms with Crippen LogP contribution in [0.1, 0.15) is 37.7 Å². The van der Waals surface area contributed by atoms with Crippen LogP contribution in [0.3, 0.4) is 0 Å². The zero-order valence-electron chi connectivity index (χ0n) is 9.08. The molecule has 1 N–H and O–H groups in total. The van der Waals surface area contributed by atoms with Gasteiger partial charge in [-0.15, -0.1) is 0 Å². The average Bonchev–Trinajstić information content (AvgIpc) is 3.02. The highest BCUT2D eigenvalue weighted by Gasteiger charge is 2.39. The standard InChI is InChI=1S/C13H18N2/c1-3-11(9-14-8-1)13(6-2-7-13)10-15-12-4-5-12/h1,3,8-9,12,15H,2,4-7,10H2. The summed E-state index contributed by atoms with van der Waals surface area (Å²) in [6.07, 6.45) is 10.7. The molecular formula is C13H18N2. The minimum Gasteiger partial charge on any atom is -0.313 e. The minimum absolute atomic E-state index is 0.414. The van der Waals surface area contributed by atoms with Gasteiger partial charge in [0.25, 0.3) is 0 Å². The lowest BCUT2D eigenvalue weighted by Crippen LogP contribution is -2.44. The van der Waals surface area contributed by atoms with Gasteiger partial charge in [0.1, 0.15) is 0 Å². The van der Waals surface area contributed by atoms with E-state index in [-0.39, 0.29) is 0 Å². The monoisotopic (exact) mass is 202 g/mol. The molecule has 1 heterocycles. The van der Waals surface area contributed by atoms with Crippen LogP contribution in [0.5, 0.6) is 0 Å². The van der Waals surface area contributed by atoms with Gasteiger partial charge in [0.05, 0.1) is 0 Å². The largest absolute Gasteiger partial charge is 0.313 e. The van der Waals surface area contributed by atoms with Crippen molar-refractivity contribution in [2.24, 2.45) is 0 Å². The van der Waals surface area contributed by atoms with Crippen molar-refractivity contribution in [2.45, 2.75) is 43.6 Å². The van der Waals surface area contributed by atoms with Crippen molar-refractivity contribution in [3.05, 3.63) is 30.1 Å². The molecule has 2 aliphatic carbocycles. The summed E-state index contributed by atoms with van der Waals surface area (Å²) in [7, 11) is 0. The van der Waals surface area contributed by atoms with E-state index >= 15 is 0 Å². The van der Waals surface area contributed by atoms with Crippen molar-refractivity contribution >= 4 is 0 Å². The van der Waals surface area contributed by atoms with Gasteiger partial charge in [-0.1, -0.05) is 12.5 Å². The molecule has 2 aliphatic rings. The van der Waals surface area contributed by atoms with E-state index in [4.69, 9.17) is 0 Å². The summed E-state index contributed by atoms with van der Waals surface area (Å²) >= 11 is 0. The Bertz CT molecular complexity index is 326. The average molecular weight is 202 g/mol. The van der Waals surface area contributed by atoms with Crippen LogP contribution in [0.4, 0.5) is 0 Å². The van der Waals surface area contributed by atoms with E-state index in [0.717, 1.165) is 12.6 Å². The van der Waals surface area contributed by atoms with E-state index in [1.807, 2.05) is 12.4 Å². The van der Waals surface area contributed by atoms with Gasteiger partial charge in [0.2, 0.25) is 0 Å². The first kappa shape index (κ1) is 9.34. The fraction of sp³-hybridized carbons (Fsp3) is 0.615. The van der Waals surface area contributed by atoms with Crippen LogP contribution in [0.15, 0.2) is 24.5 Å². The highest BCUT2D eigenvalue weighted by atomic mass is 15.0. The Morgan fingerprint density at radius 2 is 2.27 bits per heavy atom. The number of nitrogens with zero attached hydrogens (tertiary/aromatic N) is 1. The summed E-state index contributed by atoms with van der Waals surface area (Å²) in [6.45, 7) is 1.16.